The third kappa shape index (κ3) is 2.10. The number of hydrogen-bond acceptors (Lipinski definition) is 6. The van der Waals surface area contributed by atoms with Crippen LogP contribution in [0.1, 0.15) is 19.3 Å². The number of hydrogen-bond donors (Lipinski definition) is 0. The number of piperidine rings is 1. The number of nitrogens with zero attached hydrogens (tertiary/aromatic N) is 3. The minimum absolute atomic E-state index is 0.0879. The lowest BCUT2D eigenvalue weighted by atomic mass is 9.67. The minimum Gasteiger partial charge on any atom is -0.378 e. The summed E-state index contributed by atoms with van der Waals surface area (Å²) < 4.78 is 19.0. The highest BCUT2D eigenvalue weighted by Crippen LogP contribution is 2.55. The standard InChI is InChI=1S/C18H31N3O3/c1-19-9-13-4-5-17(11-19,23-13)18-8-15(24-18)16(21(3)12-18)14-10-22-7-6-20(14)2/h13-16H,4-12H2,1-3H3. The third-order valence-corrected chi connectivity index (χ3v) is 7.27. The molecule has 4 bridgehead atoms. The van der Waals surface area contributed by atoms with E-state index in [9.17, 15) is 0 Å². The van der Waals surface area contributed by atoms with Crippen LogP contribution in [0.25, 0.3) is 0 Å². The van der Waals surface area contributed by atoms with Gasteiger partial charge in [0, 0.05) is 32.6 Å². The summed E-state index contributed by atoms with van der Waals surface area (Å²) in [7, 11) is 6.72. The van der Waals surface area contributed by atoms with Crippen LogP contribution in [-0.2, 0) is 14.2 Å². The molecule has 6 aliphatic rings. The summed E-state index contributed by atoms with van der Waals surface area (Å²) in [4.78, 5) is 7.43. The normalized spacial score (nSPS) is 53.1. The summed E-state index contributed by atoms with van der Waals surface area (Å²) in [6.07, 6.45) is 4.21. The number of ether oxygens (including phenoxy) is 3. The van der Waals surface area contributed by atoms with Gasteiger partial charge in [0.15, 0.2) is 0 Å². The molecule has 6 nitrogen and oxygen atoms in total. The zero-order valence-electron chi connectivity index (χ0n) is 15.2. The minimum atomic E-state index is -0.0968. The van der Waals surface area contributed by atoms with Crippen molar-refractivity contribution in [2.24, 2.45) is 0 Å². The van der Waals surface area contributed by atoms with Crippen LogP contribution in [0.5, 0.6) is 0 Å². The zero-order chi connectivity index (χ0) is 16.5. The Hall–Kier alpha value is -0.240. The molecule has 6 unspecified atom stereocenters. The van der Waals surface area contributed by atoms with Crippen molar-refractivity contribution >= 4 is 0 Å². The van der Waals surface area contributed by atoms with Gasteiger partial charge in [0.1, 0.15) is 11.2 Å². The van der Waals surface area contributed by atoms with E-state index in [1.54, 1.807) is 0 Å². The van der Waals surface area contributed by atoms with E-state index in [2.05, 4.69) is 35.8 Å². The number of likely N-dealkylation sites (N-methyl/N-ethyl adjacent to an activating group) is 3. The monoisotopic (exact) mass is 337 g/mol. The van der Waals surface area contributed by atoms with E-state index in [0.29, 0.717) is 24.3 Å². The molecule has 6 rings (SSSR count). The highest BCUT2D eigenvalue weighted by atomic mass is 16.6. The summed E-state index contributed by atoms with van der Waals surface area (Å²) in [6.45, 7) is 5.77. The molecule has 6 saturated heterocycles. The van der Waals surface area contributed by atoms with Crippen molar-refractivity contribution in [1.82, 2.24) is 14.7 Å². The van der Waals surface area contributed by atoms with Gasteiger partial charge in [-0.05, 0) is 34.0 Å². The molecule has 0 spiro atoms. The first-order chi connectivity index (χ1) is 11.5. The number of fused-ring (bicyclic) bond motifs is 4. The van der Waals surface area contributed by atoms with Crippen LogP contribution in [0, 0.1) is 0 Å². The molecule has 24 heavy (non-hydrogen) atoms. The summed E-state index contributed by atoms with van der Waals surface area (Å²) in [5.74, 6) is 0. The molecule has 6 aliphatic heterocycles. The fourth-order valence-corrected chi connectivity index (χ4v) is 6.14. The van der Waals surface area contributed by atoms with Crippen molar-refractivity contribution in [2.75, 3.05) is 60.5 Å². The Labute approximate surface area is 145 Å². The lowest BCUT2D eigenvalue weighted by Gasteiger charge is -2.67. The number of likely N-dealkylation sites (tertiary alicyclic amines) is 1. The van der Waals surface area contributed by atoms with Crippen LogP contribution < -0.4 is 0 Å². The van der Waals surface area contributed by atoms with Gasteiger partial charge in [-0.25, -0.2) is 0 Å². The Morgan fingerprint density at radius 1 is 1.00 bits per heavy atom. The van der Waals surface area contributed by atoms with Crippen molar-refractivity contribution in [1.29, 1.82) is 0 Å². The van der Waals surface area contributed by atoms with E-state index in [-0.39, 0.29) is 11.2 Å². The van der Waals surface area contributed by atoms with Gasteiger partial charge < -0.3 is 19.1 Å². The fourth-order valence-electron chi connectivity index (χ4n) is 6.14. The first-order valence-electron chi connectivity index (χ1n) is 9.54. The summed E-state index contributed by atoms with van der Waals surface area (Å²) in [5, 5.41) is 0. The number of rotatable bonds is 2. The van der Waals surface area contributed by atoms with E-state index >= 15 is 0 Å². The second-order valence-electron chi connectivity index (χ2n) is 8.85. The van der Waals surface area contributed by atoms with Gasteiger partial charge >= 0.3 is 0 Å². The maximum Gasteiger partial charge on any atom is 0.114 e. The first kappa shape index (κ1) is 16.0. The molecule has 0 radical (unpaired) electrons. The highest BCUT2D eigenvalue weighted by molar-refractivity contribution is 5.21. The van der Waals surface area contributed by atoms with Gasteiger partial charge in [-0.15, -0.1) is 0 Å². The molecular weight excluding hydrogens is 306 g/mol. The Morgan fingerprint density at radius 3 is 2.58 bits per heavy atom. The maximum atomic E-state index is 6.68. The average molecular weight is 337 g/mol. The third-order valence-electron chi connectivity index (χ3n) is 7.27. The molecule has 0 aromatic rings. The van der Waals surface area contributed by atoms with Crippen molar-refractivity contribution in [3.05, 3.63) is 0 Å². The molecule has 6 atom stereocenters. The van der Waals surface area contributed by atoms with Crippen molar-refractivity contribution in [2.45, 2.75) is 54.8 Å². The Balaban J connectivity index is 1.36. The molecule has 6 heterocycles. The van der Waals surface area contributed by atoms with Gasteiger partial charge in [0.05, 0.1) is 37.5 Å². The molecule has 136 valence electrons. The zero-order valence-corrected chi connectivity index (χ0v) is 15.2. The van der Waals surface area contributed by atoms with Crippen LogP contribution in [0.4, 0.5) is 0 Å². The molecule has 6 fully saturated rings. The SMILES string of the molecule is CN1CC2CCC(C34CC(O3)C(C3COCCN3C)N(C)C4)(C1)O2. The highest BCUT2D eigenvalue weighted by Gasteiger charge is 2.69. The van der Waals surface area contributed by atoms with Gasteiger partial charge in [0.2, 0.25) is 0 Å². The predicted molar refractivity (Wildman–Crippen MR) is 90.2 cm³/mol. The smallest absolute Gasteiger partial charge is 0.114 e. The van der Waals surface area contributed by atoms with Crippen molar-refractivity contribution in [3.8, 4) is 0 Å². The molecule has 6 heteroatoms. The Bertz CT molecular complexity index is 510. The molecular formula is C18H31N3O3. The quantitative estimate of drug-likeness (QED) is 0.707. The first-order valence-corrected chi connectivity index (χ1v) is 9.54. The van der Waals surface area contributed by atoms with E-state index in [4.69, 9.17) is 14.2 Å². The molecule has 0 saturated carbocycles. The topological polar surface area (TPSA) is 37.4 Å². The molecule has 0 aromatic carbocycles. The Morgan fingerprint density at radius 2 is 1.83 bits per heavy atom. The van der Waals surface area contributed by atoms with Gasteiger partial charge in [0.25, 0.3) is 0 Å². The maximum absolute atomic E-state index is 6.68. The van der Waals surface area contributed by atoms with Crippen LogP contribution in [0.3, 0.4) is 0 Å². The van der Waals surface area contributed by atoms with Crippen LogP contribution in [-0.4, -0.2) is 111 Å². The van der Waals surface area contributed by atoms with E-state index < -0.39 is 0 Å². The molecule has 0 amide bonds. The van der Waals surface area contributed by atoms with Crippen molar-refractivity contribution < 1.29 is 14.2 Å². The average Bonchev–Trinajstić information content (AvgIpc) is 2.83. The molecule has 0 N–H and O–H groups in total. The Kier molecular flexibility index (Phi) is 3.58. The van der Waals surface area contributed by atoms with Crippen molar-refractivity contribution in [3.63, 3.8) is 0 Å². The summed E-state index contributed by atoms with van der Waals surface area (Å²) in [6, 6.07) is 0.878. The largest absolute Gasteiger partial charge is 0.378 e. The van der Waals surface area contributed by atoms with E-state index in [0.717, 1.165) is 52.2 Å². The number of morpholine rings is 3. The lowest BCUT2D eigenvalue weighted by Crippen LogP contribution is -2.81. The lowest BCUT2D eigenvalue weighted by molar-refractivity contribution is -0.353. The van der Waals surface area contributed by atoms with Gasteiger partial charge in [-0.1, -0.05) is 0 Å². The second kappa shape index (κ2) is 5.38. The predicted octanol–water partition coefficient (Wildman–Crippen LogP) is 0.0219. The van der Waals surface area contributed by atoms with Crippen LogP contribution >= 0.6 is 0 Å². The van der Waals surface area contributed by atoms with Gasteiger partial charge in [-0.3, -0.25) is 9.80 Å². The summed E-state index contributed by atoms with van der Waals surface area (Å²) in [5.41, 5.74) is -0.185. The van der Waals surface area contributed by atoms with E-state index in [1.165, 1.54) is 6.42 Å². The molecule has 0 aromatic heterocycles. The van der Waals surface area contributed by atoms with E-state index in [1.807, 2.05) is 0 Å². The second-order valence-corrected chi connectivity index (χ2v) is 8.85. The van der Waals surface area contributed by atoms with Gasteiger partial charge in [-0.2, -0.15) is 0 Å². The fraction of sp³-hybridized carbons (Fsp3) is 1.00. The van der Waals surface area contributed by atoms with Crippen LogP contribution in [0.2, 0.25) is 0 Å². The van der Waals surface area contributed by atoms with Crippen LogP contribution in [0.15, 0.2) is 0 Å². The summed E-state index contributed by atoms with van der Waals surface area (Å²) >= 11 is 0. The molecule has 0 aliphatic carbocycles.